The Labute approximate surface area is 339 Å². The molecule has 0 heterocycles. The van der Waals surface area contributed by atoms with Crippen LogP contribution in [0.15, 0.2) is 237 Å². The van der Waals surface area contributed by atoms with Crippen LogP contribution >= 0.6 is 0 Å². The number of hydrogen-bond donors (Lipinski definition) is 0. The van der Waals surface area contributed by atoms with E-state index in [0.29, 0.717) is 0 Å². The maximum atomic E-state index is 2.54. The molecule has 0 aliphatic heterocycles. The summed E-state index contributed by atoms with van der Waals surface area (Å²) in [4.78, 5) is 2.54. The van der Waals surface area contributed by atoms with Gasteiger partial charge < -0.3 is 4.90 Å². The highest BCUT2D eigenvalue weighted by Gasteiger charge is 2.47. The minimum Gasteiger partial charge on any atom is -0.309 e. The lowest BCUT2D eigenvalue weighted by molar-refractivity contribution is 0.768. The first kappa shape index (κ1) is 33.8. The van der Waals surface area contributed by atoms with E-state index in [-0.39, 0.29) is 0 Å². The summed E-state index contributed by atoms with van der Waals surface area (Å²) in [5.74, 6) is 0. The SMILES string of the molecule is c1ccc(-c2cccc3cccc(-c4ccccc4N(c4cccc5c4-c4ccccc4C5(c4ccccc4)c4ccccc4)c4cccc5ccccc45)c23)cc1. The van der Waals surface area contributed by atoms with Gasteiger partial charge in [-0.1, -0.05) is 218 Å². The average Bonchev–Trinajstić information content (AvgIpc) is 3.61. The topological polar surface area (TPSA) is 3.24 Å². The largest absolute Gasteiger partial charge is 0.309 e. The fourth-order valence-electron chi connectivity index (χ4n) is 9.77. The van der Waals surface area contributed by atoms with Crippen LogP contribution in [-0.4, -0.2) is 0 Å². The number of anilines is 3. The first-order valence-corrected chi connectivity index (χ1v) is 20.1. The molecule has 1 aliphatic rings. The molecule has 0 unspecified atom stereocenters. The van der Waals surface area contributed by atoms with Crippen molar-refractivity contribution < 1.29 is 0 Å². The molecule has 1 nitrogen and oxygen atoms in total. The van der Waals surface area contributed by atoms with Crippen LogP contribution in [0.4, 0.5) is 17.1 Å². The highest BCUT2D eigenvalue weighted by molar-refractivity contribution is 6.11. The van der Waals surface area contributed by atoms with Gasteiger partial charge in [-0.3, -0.25) is 0 Å². The molecule has 1 heteroatoms. The van der Waals surface area contributed by atoms with E-state index in [1.807, 2.05) is 0 Å². The van der Waals surface area contributed by atoms with E-state index in [2.05, 4.69) is 241 Å². The minimum atomic E-state index is -0.519. The smallest absolute Gasteiger partial charge is 0.0714 e. The van der Waals surface area contributed by atoms with Crippen LogP contribution in [-0.2, 0) is 5.41 Å². The van der Waals surface area contributed by atoms with Crippen LogP contribution in [0.25, 0.3) is 54.9 Å². The van der Waals surface area contributed by atoms with E-state index >= 15 is 0 Å². The second-order valence-corrected chi connectivity index (χ2v) is 15.2. The number of nitrogens with zero attached hydrogens (tertiary/aromatic N) is 1. The summed E-state index contributed by atoms with van der Waals surface area (Å²) in [6.07, 6.45) is 0. The van der Waals surface area contributed by atoms with Crippen molar-refractivity contribution in [3.63, 3.8) is 0 Å². The second kappa shape index (κ2) is 13.9. The van der Waals surface area contributed by atoms with Crippen LogP contribution < -0.4 is 4.90 Å². The molecule has 0 saturated carbocycles. The fourth-order valence-corrected chi connectivity index (χ4v) is 9.77. The lowest BCUT2D eigenvalue weighted by atomic mass is 9.68. The van der Waals surface area contributed by atoms with E-state index in [1.165, 1.54) is 77.2 Å². The zero-order chi connectivity index (χ0) is 38.5. The summed E-state index contributed by atoms with van der Waals surface area (Å²) in [6.45, 7) is 0. The first-order valence-electron chi connectivity index (χ1n) is 20.1. The third-order valence-electron chi connectivity index (χ3n) is 12.1. The van der Waals surface area contributed by atoms with Crippen LogP contribution in [0.1, 0.15) is 22.3 Å². The van der Waals surface area contributed by atoms with Gasteiger partial charge in [0.1, 0.15) is 0 Å². The number of benzene rings is 10. The molecule has 0 N–H and O–H groups in total. The monoisotopic (exact) mass is 737 g/mol. The van der Waals surface area contributed by atoms with Crippen molar-refractivity contribution in [2.45, 2.75) is 5.41 Å². The molecule has 11 rings (SSSR count). The predicted molar refractivity (Wildman–Crippen MR) is 244 cm³/mol. The third kappa shape index (κ3) is 5.17. The Bertz CT molecular complexity index is 3060. The summed E-state index contributed by atoms with van der Waals surface area (Å²) in [5.41, 5.74) is 15.3. The molecule has 0 radical (unpaired) electrons. The summed E-state index contributed by atoms with van der Waals surface area (Å²) < 4.78 is 0. The Balaban J connectivity index is 1.25. The molecule has 10 aromatic rings. The Kier molecular flexibility index (Phi) is 8.12. The van der Waals surface area contributed by atoms with E-state index in [9.17, 15) is 0 Å². The maximum Gasteiger partial charge on any atom is 0.0714 e. The summed E-state index contributed by atoms with van der Waals surface area (Å²) in [6, 6.07) is 86.9. The molecule has 0 fully saturated rings. The van der Waals surface area contributed by atoms with Crippen molar-refractivity contribution >= 4 is 38.6 Å². The lowest BCUT2D eigenvalue weighted by Crippen LogP contribution is -2.28. The summed E-state index contributed by atoms with van der Waals surface area (Å²) in [5, 5.41) is 4.87. The zero-order valence-electron chi connectivity index (χ0n) is 32.0. The van der Waals surface area contributed by atoms with Crippen LogP contribution in [0.2, 0.25) is 0 Å². The van der Waals surface area contributed by atoms with Crippen molar-refractivity contribution in [1.29, 1.82) is 0 Å². The van der Waals surface area contributed by atoms with Gasteiger partial charge in [0.05, 0.1) is 22.5 Å². The lowest BCUT2D eigenvalue weighted by Gasteiger charge is -2.35. The van der Waals surface area contributed by atoms with Crippen molar-refractivity contribution in [2.24, 2.45) is 0 Å². The Morgan fingerprint density at radius 1 is 0.293 bits per heavy atom. The number of rotatable bonds is 7. The second-order valence-electron chi connectivity index (χ2n) is 15.2. The molecule has 0 saturated heterocycles. The minimum absolute atomic E-state index is 0.519. The van der Waals surface area contributed by atoms with Gasteiger partial charge in [-0.05, 0) is 78.9 Å². The molecule has 0 aromatic heterocycles. The van der Waals surface area contributed by atoms with E-state index in [4.69, 9.17) is 0 Å². The van der Waals surface area contributed by atoms with E-state index < -0.39 is 5.41 Å². The Morgan fingerprint density at radius 2 is 0.776 bits per heavy atom. The summed E-state index contributed by atoms with van der Waals surface area (Å²) >= 11 is 0. The standard InChI is InChI=1S/C57H39N/c1-4-20-41(21-5-1)46-33-16-24-42-25-17-34-48(55(42)46)47-31-13-15-37-53(47)58(52-38-18-23-40-22-10-11-30-45(40)52)54-39-19-36-51-56(54)49-32-12-14-35-50(49)57(51,43-26-6-2-7-27-43)44-28-8-3-9-29-44/h1-39H. The Morgan fingerprint density at radius 3 is 1.53 bits per heavy atom. The number of hydrogen-bond acceptors (Lipinski definition) is 1. The molecule has 58 heavy (non-hydrogen) atoms. The fraction of sp³-hybridized carbons (Fsp3) is 0.0175. The van der Waals surface area contributed by atoms with Gasteiger partial charge in [0.15, 0.2) is 0 Å². The van der Waals surface area contributed by atoms with Crippen LogP contribution in [0, 0.1) is 0 Å². The molecule has 0 spiro atoms. The zero-order valence-corrected chi connectivity index (χ0v) is 32.0. The molecule has 10 aromatic carbocycles. The quantitative estimate of drug-likeness (QED) is 0.157. The van der Waals surface area contributed by atoms with Crippen LogP contribution in [0.3, 0.4) is 0 Å². The molecule has 1 aliphatic carbocycles. The molecular weight excluding hydrogens is 699 g/mol. The van der Waals surface area contributed by atoms with Crippen molar-refractivity contribution in [3.8, 4) is 33.4 Å². The number of fused-ring (bicyclic) bond motifs is 5. The Hall–Kier alpha value is -7.48. The highest BCUT2D eigenvalue weighted by Crippen LogP contribution is 2.60. The molecule has 272 valence electrons. The van der Waals surface area contributed by atoms with Crippen molar-refractivity contribution in [1.82, 2.24) is 0 Å². The van der Waals surface area contributed by atoms with Crippen molar-refractivity contribution in [2.75, 3.05) is 4.90 Å². The maximum absolute atomic E-state index is 2.54. The molecule has 0 bridgehead atoms. The molecule has 0 amide bonds. The van der Waals surface area contributed by atoms with Gasteiger partial charge in [-0.2, -0.15) is 0 Å². The highest BCUT2D eigenvalue weighted by atomic mass is 15.1. The van der Waals surface area contributed by atoms with Gasteiger partial charge in [-0.15, -0.1) is 0 Å². The van der Waals surface area contributed by atoms with E-state index in [1.54, 1.807) is 0 Å². The predicted octanol–water partition coefficient (Wildman–Crippen LogP) is 15.2. The van der Waals surface area contributed by atoms with Gasteiger partial charge >= 0.3 is 0 Å². The van der Waals surface area contributed by atoms with Gasteiger partial charge in [0.25, 0.3) is 0 Å². The van der Waals surface area contributed by atoms with Gasteiger partial charge in [0.2, 0.25) is 0 Å². The van der Waals surface area contributed by atoms with Crippen LogP contribution in [0.5, 0.6) is 0 Å². The average molecular weight is 738 g/mol. The van der Waals surface area contributed by atoms with Gasteiger partial charge in [-0.25, -0.2) is 0 Å². The van der Waals surface area contributed by atoms with E-state index in [0.717, 1.165) is 17.1 Å². The molecule has 0 atom stereocenters. The first-order chi connectivity index (χ1) is 28.8. The number of para-hydroxylation sites is 1. The summed E-state index contributed by atoms with van der Waals surface area (Å²) in [7, 11) is 0. The van der Waals surface area contributed by atoms with Crippen molar-refractivity contribution in [3.05, 3.63) is 259 Å². The third-order valence-corrected chi connectivity index (χ3v) is 12.1. The normalized spacial score (nSPS) is 12.6. The molecular formula is C57H39N. The van der Waals surface area contributed by atoms with Gasteiger partial charge in [0, 0.05) is 16.5 Å².